The van der Waals surface area contributed by atoms with Gasteiger partial charge in [-0.25, -0.2) is 0 Å². The van der Waals surface area contributed by atoms with E-state index in [0.717, 1.165) is 19.5 Å². The fourth-order valence-corrected chi connectivity index (χ4v) is 2.76. The third-order valence-corrected chi connectivity index (χ3v) is 3.96. The zero-order chi connectivity index (χ0) is 16.7. The fraction of sp³-hybridized carbons (Fsp3) is 0.444. The maximum absolute atomic E-state index is 12.3. The molecule has 1 atom stereocenters. The molecular formula is C18H23N3O2. The highest BCUT2D eigenvalue weighted by atomic mass is 16.2. The van der Waals surface area contributed by atoms with Gasteiger partial charge in [0.05, 0.1) is 18.7 Å². The molecule has 5 nitrogen and oxygen atoms in total. The molecule has 1 aromatic carbocycles. The van der Waals surface area contributed by atoms with E-state index >= 15 is 0 Å². The Morgan fingerprint density at radius 3 is 2.91 bits per heavy atom. The Morgan fingerprint density at radius 2 is 2.17 bits per heavy atom. The van der Waals surface area contributed by atoms with Crippen LogP contribution in [0.1, 0.15) is 30.1 Å². The second-order valence-electron chi connectivity index (χ2n) is 5.87. The van der Waals surface area contributed by atoms with Crippen LogP contribution in [-0.2, 0) is 4.79 Å². The minimum absolute atomic E-state index is 0.0652. The van der Waals surface area contributed by atoms with E-state index in [0.29, 0.717) is 17.2 Å². The zero-order valence-corrected chi connectivity index (χ0v) is 13.5. The maximum atomic E-state index is 12.3. The molecule has 122 valence electrons. The standard InChI is InChI=1S/C18H23N3O2/c1-3-10-19-18(23)15-8-4-5-9-16(15)20-12-17(22)21-11-6-7-14(2)13-21/h1,4-5,8-9,14,20H,6-7,10-13H2,2H3,(H,19,23). The van der Waals surface area contributed by atoms with Crippen LogP contribution < -0.4 is 10.6 Å². The van der Waals surface area contributed by atoms with Gasteiger partial charge in [-0.15, -0.1) is 6.42 Å². The van der Waals surface area contributed by atoms with Crippen LogP contribution in [0.25, 0.3) is 0 Å². The normalized spacial score (nSPS) is 17.2. The molecular weight excluding hydrogens is 290 g/mol. The molecule has 0 radical (unpaired) electrons. The lowest BCUT2D eigenvalue weighted by atomic mass is 10.0. The smallest absolute Gasteiger partial charge is 0.254 e. The number of carbonyl (C=O) groups excluding carboxylic acids is 2. The van der Waals surface area contributed by atoms with Crippen molar-refractivity contribution in [2.45, 2.75) is 19.8 Å². The molecule has 1 aromatic rings. The molecule has 2 amide bonds. The summed E-state index contributed by atoms with van der Waals surface area (Å²) in [6.45, 7) is 4.15. The van der Waals surface area contributed by atoms with Gasteiger partial charge in [0.2, 0.25) is 5.91 Å². The molecule has 1 aliphatic rings. The van der Waals surface area contributed by atoms with Gasteiger partial charge >= 0.3 is 0 Å². The van der Waals surface area contributed by atoms with E-state index < -0.39 is 0 Å². The summed E-state index contributed by atoms with van der Waals surface area (Å²) in [5.41, 5.74) is 1.13. The number of benzene rings is 1. The van der Waals surface area contributed by atoms with Crippen molar-refractivity contribution in [3.63, 3.8) is 0 Å². The van der Waals surface area contributed by atoms with E-state index in [1.165, 1.54) is 6.42 Å². The Morgan fingerprint density at radius 1 is 1.39 bits per heavy atom. The largest absolute Gasteiger partial charge is 0.376 e. The van der Waals surface area contributed by atoms with Crippen LogP contribution in [0.15, 0.2) is 24.3 Å². The Labute approximate surface area is 137 Å². The third-order valence-electron chi connectivity index (χ3n) is 3.96. The molecule has 2 rings (SSSR count). The molecule has 1 fully saturated rings. The number of anilines is 1. The molecule has 5 heteroatoms. The summed E-state index contributed by atoms with van der Waals surface area (Å²) < 4.78 is 0. The van der Waals surface area contributed by atoms with Gasteiger partial charge in [-0.05, 0) is 30.9 Å². The van der Waals surface area contributed by atoms with Crippen LogP contribution in [-0.4, -0.2) is 42.9 Å². The number of para-hydroxylation sites is 1. The minimum atomic E-state index is -0.245. The number of terminal acetylenes is 1. The lowest BCUT2D eigenvalue weighted by Crippen LogP contribution is -2.42. The first kappa shape index (κ1) is 16.9. The van der Waals surface area contributed by atoms with E-state index in [4.69, 9.17) is 6.42 Å². The van der Waals surface area contributed by atoms with Crippen molar-refractivity contribution in [3.8, 4) is 12.3 Å². The Hall–Kier alpha value is -2.48. The topological polar surface area (TPSA) is 61.4 Å². The van der Waals surface area contributed by atoms with Crippen LogP contribution >= 0.6 is 0 Å². The highest BCUT2D eigenvalue weighted by molar-refractivity contribution is 6.00. The first-order valence-electron chi connectivity index (χ1n) is 7.94. The van der Waals surface area contributed by atoms with E-state index in [-0.39, 0.29) is 24.9 Å². The van der Waals surface area contributed by atoms with Crippen molar-refractivity contribution in [2.24, 2.45) is 5.92 Å². The first-order chi connectivity index (χ1) is 11.1. The second kappa shape index (κ2) is 8.23. The average molecular weight is 313 g/mol. The summed E-state index contributed by atoms with van der Waals surface area (Å²) in [6.07, 6.45) is 7.38. The molecule has 1 aliphatic heterocycles. The number of nitrogens with zero attached hydrogens (tertiary/aromatic N) is 1. The van der Waals surface area contributed by atoms with Gasteiger partial charge in [-0.3, -0.25) is 9.59 Å². The van der Waals surface area contributed by atoms with Crippen LogP contribution in [0.4, 0.5) is 5.69 Å². The number of likely N-dealkylation sites (tertiary alicyclic amines) is 1. The monoisotopic (exact) mass is 313 g/mol. The van der Waals surface area contributed by atoms with E-state index in [2.05, 4.69) is 23.5 Å². The number of piperidine rings is 1. The maximum Gasteiger partial charge on any atom is 0.254 e. The molecule has 0 bridgehead atoms. The number of amides is 2. The van der Waals surface area contributed by atoms with Gasteiger partial charge in [0.1, 0.15) is 0 Å². The second-order valence-corrected chi connectivity index (χ2v) is 5.87. The van der Waals surface area contributed by atoms with Gasteiger partial charge in [-0.1, -0.05) is 25.0 Å². The minimum Gasteiger partial charge on any atom is -0.376 e. The Bertz CT molecular complexity index is 607. The van der Waals surface area contributed by atoms with Crippen molar-refractivity contribution < 1.29 is 9.59 Å². The van der Waals surface area contributed by atoms with E-state index in [1.54, 1.807) is 18.2 Å². The summed E-state index contributed by atoms with van der Waals surface area (Å²) in [5.74, 6) is 2.74. The fourth-order valence-electron chi connectivity index (χ4n) is 2.76. The summed E-state index contributed by atoms with van der Waals surface area (Å²) in [4.78, 5) is 26.3. The first-order valence-corrected chi connectivity index (χ1v) is 7.94. The number of hydrogen-bond donors (Lipinski definition) is 2. The predicted octanol–water partition coefficient (Wildman–Crippen LogP) is 1.72. The number of rotatable bonds is 5. The summed E-state index contributed by atoms with van der Waals surface area (Å²) >= 11 is 0. The molecule has 2 N–H and O–H groups in total. The van der Waals surface area contributed by atoms with E-state index in [1.807, 2.05) is 11.0 Å². The summed E-state index contributed by atoms with van der Waals surface area (Å²) in [5, 5.41) is 5.71. The van der Waals surface area contributed by atoms with Gasteiger partial charge in [-0.2, -0.15) is 0 Å². The Balaban J connectivity index is 1.96. The van der Waals surface area contributed by atoms with Gasteiger partial charge in [0, 0.05) is 18.8 Å². The van der Waals surface area contributed by atoms with Crippen molar-refractivity contribution in [3.05, 3.63) is 29.8 Å². The van der Waals surface area contributed by atoms with Crippen molar-refractivity contribution in [1.82, 2.24) is 10.2 Å². The highest BCUT2D eigenvalue weighted by Gasteiger charge is 2.21. The molecule has 1 heterocycles. The SMILES string of the molecule is C#CCNC(=O)c1ccccc1NCC(=O)N1CCCC(C)C1. The molecule has 1 saturated heterocycles. The van der Waals surface area contributed by atoms with Gasteiger partial charge in [0.25, 0.3) is 5.91 Å². The van der Waals surface area contributed by atoms with Crippen molar-refractivity contribution >= 4 is 17.5 Å². The van der Waals surface area contributed by atoms with Crippen LogP contribution in [0.3, 0.4) is 0 Å². The number of nitrogens with one attached hydrogen (secondary N) is 2. The summed E-state index contributed by atoms with van der Waals surface area (Å²) in [7, 11) is 0. The van der Waals surface area contributed by atoms with Crippen LogP contribution in [0, 0.1) is 18.3 Å². The molecule has 1 unspecified atom stereocenters. The summed E-state index contributed by atoms with van der Waals surface area (Å²) in [6, 6.07) is 7.11. The van der Waals surface area contributed by atoms with Crippen LogP contribution in [0.2, 0.25) is 0 Å². The zero-order valence-electron chi connectivity index (χ0n) is 13.5. The third kappa shape index (κ3) is 4.75. The quantitative estimate of drug-likeness (QED) is 0.814. The van der Waals surface area contributed by atoms with Gasteiger partial charge < -0.3 is 15.5 Å². The Kier molecular flexibility index (Phi) is 6.04. The van der Waals surface area contributed by atoms with E-state index in [9.17, 15) is 9.59 Å². The van der Waals surface area contributed by atoms with Crippen LogP contribution in [0.5, 0.6) is 0 Å². The number of hydrogen-bond acceptors (Lipinski definition) is 3. The lowest BCUT2D eigenvalue weighted by Gasteiger charge is -2.31. The van der Waals surface area contributed by atoms with Gasteiger partial charge in [0.15, 0.2) is 0 Å². The predicted molar refractivity (Wildman–Crippen MR) is 91.1 cm³/mol. The van der Waals surface area contributed by atoms with Crippen molar-refractivity contribution in [2.75, 3.05) is 31.5 Å². The number of carbonyl (C=O) groups is 2. The molecule has 23 heavy (non-hydrogen) atoms. The molecule has 0 aliphatic carbocycles. The highest BCUT2D eigenvalue weighted by Crippen LogP contribution is 2.17. The van der Waals surface area contributed by atoms with Crippen molar-refractivity contribution in [1.29, 1.82) is 0 Å². The molecule has 0 saturated carbocycles. The molecule has 0 spiro atoms. The molecule has 0 aromatic heterocycles. The average Bonchev–Trinajstić information content (AvgIpc) is 2.57. The lowest BCUT2D eigenvalue weighted by molar-refractivity contribution is -0.130.